The van der Waals surface area contributed by atoms with E-state index < -0.39 is 0 Å². The van der Waals surface area contributed by atoms with Gasteiger partial charge in [-0.25, -0.2) is 0 Å². The van der Waals surface area contributed by atoms with Crippen LogP contribution in [0.15, 0.2) is 30.3 Å². The number of likely N-dealkylation sites (tertiary alicyclic amines) is 1. The van der Waals surface area contributed by atoms with Gasteiger partial charge in [-0.1, -0.05) is 34.8 Å². The minimum atomic E-state index is -0.158. The van der Waals surface area contributed by atoms with Gasteiger partial charge in [-0.15, -0.1) is 5.10 Å². The number of benzene rings is 1. The van der Waals surface area contributed by atoms with Crippen molar-refractivity contribution in [2.45, 2.75) is 19.8 Å². The SMILES string of the molecule is CCOC(=O)C1CCN(C(=O)c2snnc2-c2ccccc2)CC1. The van der Waals surface area contributed by atoms with Gasteiger partial charge in [0.2, 0.25) is 0 Å². The smallest absolute Gasteiger partial charge is 0.309 e. The lowest BCUT2D eigenvalue weighted by Crippen LogP contribution is -2.40. The van der Waals surface area contributed by atoms with Gasteiger partial charge in [-0.2, -0.15) is 0 Å². The minimum Gasteiger partial charge on any atom is -0.466 e. The van der Waals surface area contributed by atoms with Crippen molar-refractivity contribution in [1.29, 1.82) is 0 Å². The first-order valence-electron chi connectivity index (χ1n) is 8.04. The maximum absolute atomic E-state index is 12.8. The molecule has 0 N–H and O–H groups in total. The molecule has 2 heterocycles. The number of ether oxygens (including phenoxy) is 1. The number of amides is 1. The van der Waals surface area contributed by atoms with E-state index in [0.29, 0.717) is 43.1 Å². The molecule has 1 saturated heterocycles. The van der Waals surface area contributed by atoms with Gasteiger partial charge < -0.3 is 9.64 Å². The Hall–Kier alpha value is -2.28. The molecule has 0 spiro atoms. The fourth-order valence-electron chi connectivity index (χ4n) is 2.84. The van der Waals surface area contributed by atoms with Crippen molar-refractivity contribution in [2.24, 2.45) is 5.92 Å². The lowest BCUT2D eigenvalue weighted by atomic mass is 9.97. The predicted octanol–water partition coefficient (Wildman–Crippen LogP) is 2.62. The lowest BCUT2D eigenvalue weighted by Gasteiger charge is -2.30. The molecule has 1 aliphatic heterocycles. The first-order valence-corrected chi connectivity index (χ1v) is 8.81. The van der Waals surface area contributed by atoms with Crippen molar-refractivity contribution < 1.29 is 14.3 Å². The Bertz CT molecular complexity index is 709. The summed E-state index contributed by atoms with van der Waals surface area (Å²) in [6, 6.07) is 9.58. The van der Waals surface area contributed by atoms with Gasteiger partial charge in [0.1, 0.15) is 10.6 Å². The van der Waals surface area contributed by atoms with Crippen LogP contribution in [-0.2, 0) is 9.53 Å². The molecule has 1 aromatic heterocycles. The number of piperidine rings is 1. The van der Waals surface area contributed by atoms with E-state index in [1.807, 2.05) is 30.3 Å². The predicted molar refractivity (Wildman–Crippen MR) is 90.6 cm³/mol. The molecule has 0 aliphatic carbocycles. The normalized spacial score (nSPS) is 15.3. The molecular weight excluding hydrogens is 326 g/mol. The minimum absolute atomic E-state index is 0.0637. The Morgan fingerprint density at radius 3 is 2.62 bits per heavy atom. The van der Waals surface area contributed by atoms with Crippen LogP contribution in [-0.4, -0.2) is 46.1 Å². The molecule has 1 aliphatic rings. The Morgan fingerprint density at radius 1 is 1.25 bits per heavy atom. The van der Waals surface area contributed by atoms with Crippen LogP contribution in [0.1, 0.15) is 29.4 Å². The zero-order valence-electron chi connectivity index (χ0n) is 13.5. The molecule has 0 atom stereocenters. The van der Waals surface area contributed by atoms with Crippen LogP contribution in [0, 0.1) is 5.92 Å². The fraction of sp³-hybridized carbons (Fsp3) is 0.412. The third-order valence-corrected chi connectivity index (χ3v) is 4.85. The summed E-state index contributed by atoms with van der Waals surface area (Å²) in [5.41, 5.74) is 1.51. The molecule has 1 fully saturated rings. The Morgan fingerprint density at radius 2 is 1.96 bits per heavy atom. The summed E-state index contributed by atoms with van der Waals surface area (Å²) in [7, 11) is 0. The molecule has 2 aromatic rings. The number of carbonyl (C=O) groups is 2. The maximum atomic E-state index is 12.8. The number of hydrogen-bond donors (Lipinski definition) is 0. The molecule has 0 bridgehead atoms. The van der Waals surface area contributed by atoms with Gasteiger partial charge >= 0.3 is 5.97 Å². The summed E-state index contributed by atoms with van der Waals surface area (Å²) >= 11 is 1.12. The number of esters is 1. The highest BCUT2D eigenvalue weighted by atomic mass is 32.1. The number of nitrogens with zero attached hydrogens (tertiary/aromatic N) is 3. The molecule has 1 aromatic carbocycles. The molecule has 0 radical (unpaired) electrons. The first kappa shape index (κ1) is 16.6. The van der Waals surface area contributed by atoms with Crippen LogP contribution in [0.4, 0.5) is 0 Å². The number of rotatable bonds is 4. The first-order chi connectivity index (χ1) is 11.7. The standard InChI is InChI=1S/C17H19N3O3S/c1-2-23-17(22)13-8-10-20(11-9-13)16(21)15-14(18-19-24-15)12-6-4-3-5-7-12/h3-7,13H,2,8-11H2,1H3. The molecule has 7 heteroatoms. The van der Waals surface area contributed by atoms with E-state index in [-0.39, 0.29) is 17.8 Å². The van der Waals surface area contributed by atoms with Crippen molar-refractivity contribution in [2.75, 3.05) is 19.7 Å². The van der Waals surface area contributed by atoms with Gasteiger partial charge in [0.15, 0.2) is 0 Å². The Kier molecular flexibility index (Phi) is 5.20. The number of carbonyl (C=O) groups excluding carboxylic acids is 2. The van der Waals surface area contributed by atoms with Gasteiger partial charge in [-0.3, -0.25) is 9.59 Å². The second kappa shape index (κ2) is 7.53. The highest BCUT2D eigenvalue weighted by Crippen LogP contribution is 2.27. The molecule has 0 unspecified atom stereocenters. The van der Waals surface area contributed by atoms with Gasteiger partial charge in [0.25, 0.3) is 5.91 Å². The van der Waals surface area contributed by atoms with E-state index in [2.05, 4.69) is 9.59 Å². The second-order valence-corrected chi connectivity index (χ2v) is 6.39. The number of hydrogen-bond acceptors (Lipinski definition) is 6. The fourth-order valence-corrected chi connectivity index (χ4v) is 3.49. The third-order valence-electron chi connectivity index (χ3n) is 4.13. The van der Waals surface area contributed by atoms with E-state index >= 15 is 0 Å². The molecule has 24 heavy (non-hydrogen) atoms. The van der Waals surface area contributed by atoms with Crippen LogP contribution in [0.2, 0.25) is 0 Å². The van der Waals surface area contributed by atoms with Crippen LogP contribution in [0.5, 0.6) is 0 Å². The van der Waals surface area contributed by atoms with Gasteiger partial charge in [0, 0.05) is 18.7 Å². The molecule has 0 saturated carbocycles. The molecular formula is C17H19N3O3S. The summed E-state index contributed by atoms with van der Waals surface area (Å²) in [6.45, 7) is 3.30. The average molecular weight is 345 g/mol. The highest BCUT2D eigenvalue weighted by Gasteiger charge is 2.30. The van der Waals surface area contributed by atoms with Gasteiger partial charge in [-0.05, 0) is 31.3 Å². The van der Waals surface area contributed by atoms with Crippen molar-refractivity contribution in [3.8, 4) is 11.3 Å². The number of aromatic nitrogens is 2. The summed E-state index contributed by atoms with van der Waals surface area (Å²) in [5, 5.41) is 4.12. The second-order valence-electron chi connectivity index (χ2n) is 5.64. The van der Waals surface area contributed by atoms with Crippen molar-refractivity contribution in [3.63, 3.8) is 0 Å². The van der Waals surface area contributed by atoms with E-state index in [9.17, 15) is 9.59 Å². The monoisotopic (exact) mass is 345 g/mol. The van der Waals surface area contributed by atoms with Gasteiger partial charge in [0.05, 0.1) is 12.5 Å². The van der Waals surface area contributed by atoms with Crippen molar-refractivity contribution in [3.05, 3.63) is 35.2 Å². The van der Waals surface area contributed by atoms with E-state index in [0.717, 1.165) is 17.1 Å². The zero-order chi connectivity index (χ0) is 16.9. The van der Waals surface area contributed by atoms with Crippen molar-refractivity contribution in [1.82, 2.24) is 14.5 Å². The third kappa shape index (κ3) is 3.46. The summed E-state index contributed by atoms with van der Waals surface area (Å²) in [4.78, 5) is 26.9. The summed E-state index contributed by atoms with van der Waals surface area (Å²) < 4.78 is 9.02. The van der Waals surface area contributed by atoms with Crippen LogP contribution < -0.4 is 0 Å². The van der Waals surface area contributed by atoms with E-state index in [1.54, 1.807) is 11.8 Å². The lowest BCUT2D eigenvalue weighted by molar-refractivity contribution is -0.149. The van der Waals surface area contributed by atoms with E-state index in [1.165, 1.54) is 0 Å². The molecule has 6 nitrogen and oxygen atoms in total. The maximum Gasteiger partial charge on any atom is 0.309 e. The Labute approximate surface area is 144 Å². The summed E-state index contributed by atoms with van der Waals surface area (Å²) in [6.07, 6.45) is 1.27. The molecule has 3 rings (SSSR count). The summed E-state index contributed by atoms with van der Waals surface area (Å²) in [5.74, 6) is -0.331. The Balaban J connectivity index is 1.69. The molecule has 126 valence electrons. The van der Waals surface area contributed by atoms with E-state index in [4.69, 9.17) is 4.74 Å². The molecule has 1 amide bonds. The largest absolute Gasteiger partial charge is 0.466 e. The zero-order valence-corrected chi connectivity index (χ0v) is 14.3. The van der Waals surface area contributed by atoms with Crippen LogP contribution >= 0.6 is 11.5 Å². The quantitative estimate of drug-likeness (QED) is 0.797. The highest BCUT2D eigenvalue weighted by molar-refractivity contribution is 7.08. The van der Waals surface area contributed by atoms with Crippen LogP contribution in [0.25, 0.3) is 11.3 Å². The average Bonchev–Trinajstić information content (AvgIpc) is 3.12. The van der Waals surface area contributed by atoms with Crippen LogP contribution in [0.3, 0.4) is 0 Å². The topological polar surface area (TPSA) is 72.4 Å². The van der Waals surface area contributed by atoms with Crippen molar-refractivity contribution >= 4 is 23.4 Å².